The Hall–Kier alpha value is -1.04. The molecule has 1 heterocycles. The number of carbonyl (C=O) groups excluding carboxylic acids is 1. The normalized spacial score (nSPS) is 21.6. The van der Waals surface area contributed by atoms with Gasteiger partial charge < -0.3 is 15.7 Å². The van der Waals surface area contributed by atoms with Gasteiger partial charge in [-0.2, -0.15) is 11.8 Å². The van der Waals surface area contributed by atoms with Gasteiger partial charge in [-0.3, -0.25) is 4.79 Å². The van der Waals surface area contributed by atoms with Gasteiger partial charge in [0.25, 0.3) is 0 Å². The SMILES string of the molecule is CSCC(C)(O)CNC1CCc2ccccc2NC1=O. The maximum atomic E-state index is 12.2. The third-order valence-corrected chi connectivity index (χ3v) is 4.39. The molecule has 1 aliphatic heterocycles. The Balaban J connectivity index is 1.97. The van der Waals surface area contributed by atoms with Crippen LogP contribution in [-0.2, 0) is 11.2 Å². The first kappa shape index (κ1) is 15.4. The number of hydrogen-bond acceptors (Lipinski definition) is 4. The van der Waals surface area contributed by atoms with E-state index in [1.54, 1.807) is 18.7 Å². The Kier molecular flexibility index (Phi) is 5.07. The van der Waals surface area contributed by atoms with Gasteiger partial charge in [-0.05, 0) is 37.7 Å². The van der Waals surface area contributed by atoms with Gasteiger partial charge in [-0.1, -0.05) is 18.2 Å². The molecule has 2 rings (SSSR count). The van der Waals surface area contributed by atoms with Crippen LogP contribution in [0.5, 0.6) is 0 Å². The third kappa shape index (κ3) is 3.98. The molecule has 0 bridgehead atoms. The Morgan fingerprint density at radius 3 is 3.00 bits per heavy atom. The Morgan fingerprint density at radius 2 is 2.25 bits per heavy atom. The lowest BCUT2D eigenvalue weighted by Gasteiger charge is -2.25. The molecule has 0 aromatic heterocycles. The van der Waals surface area contributed by atoms with Crippen LogP contribution in [0.4, 0.5) is 5.69 Å². The first-order valence-electron chi connectivity index (χ1n) is 6.85. The quantitative estimate of drug-likeness (QED) is 0.773. The maximum Gasteiger partial charge on any atom is 0.241 e. The van der Waals surface area contributed by atoms with Crippen molar-refractivity contribution in [2.24, 2.45) is 0 Å². The molecule has 3 N–H and O–H groups in total. The fraction of sp³-hybridized carbons (Fsp3) is 0.533. The molecule has 4 nitrogen and oxygen atoms in total. The number of nitrogens with one attached hydrogen (secondary N) is 2. The zero-order valence-electron chi connectivity index (χ0n) is 12.0. The zero-order chi connectivity index (χ0) is 14.6. The van der Waals surface area contributed by atoms with E-state index in [9.17, 15) is 9.90 Å². The van der Waals surface area contributed by atoms with Crippen LogP contribution in [0.3, 0.4) is 0 Å². The first-order valence-corrected chi connectivity index (χ1v) is 8.25. The number of amides is 1. The van der Waals surface area contributed by atoms with Gasteiger partial charge in [0.1, 0.15) is 0 Å². The van der Waals surface area contributed by atoms with Crippen LogP contribution in [0.1, 0.15) is 18.9 Å². The number of fused-ring (bicyclic) bond motifs is 1. The fourth-order valence-corrected chi connectivity index (χ4v) is 3.13. The van der Waals surface area contributed by atoms with Crippen molar-refractivity contribution in [1.82, 2.24) is 5.32 Å². The van der Waals surface area contributed by atoms with E-state index in [0.717, 1.165) is 18.5 Å². The highest BCUT2D eigenvalue weighted by molar-refractivity contribution is 7.98. The molecule has 1 aromatic carbocycles. The van der Waals surface area contributed by atoms with Gasteiger partial charge in [0.15, 0.2) is 0 Å². The smallest absolute Gasteiger partial charge is 0.241 e. The highest BCUT2D eigenvalue weighted by atomic mass is 32.2. The summed E-state index contributed by atoms with van der Waals surface area (Å²) in [6.45, 7) is 2.21. The lowest BCUT2D eigenvalue weighted by Crippen LogP contribution is -2.48. The second kappa shape index (κ2) is 6.61. The van der Waals surface area contributed by atoms with Crippen LogP contribution >= 0.6 is 11.8 Å². The monoisotopic (exact) mass is 294 g/mol. The second-order valence-electron chi connectivity index (χ2n) is 5.55. The average molecular weight is 294 g/mol. The molecular weight excluding hydrogens is 272 g/mol. The zero-order valence-corrected chi connectivity index (χ0v) is 12.8. The summed E-state index contributed by atoms with van der Waals surface area (Å²) in [5, 5.41) is 16.3. The average Bonchev–Trinajstić information content (AvgIpc) is 2.55. The standard InChI is InChI=1S/C15H22N2O2S/c1-15(19,10-20-2)9-16-13-8-7-11-5-3-4-6-12(11)17-14(13)18/h3-6,13,16,19H,7-10H2,1-2H3,(H,17,18). The van der Waals surface area contributed by atoms with Crippen molar-refractivity contribution in [3.8, 4) is 0 Å². The summed E-state index contributed by atoms with van der Waals surface area (Å²) >= 11 is 1.60. The van der Waals surface area contributed by atoms with Gasteiger partial charge in [-0.15, -0.1) is 0 Å². The van der Waals surface area contributed by atoms with E-state index in [-0.39, 0.29) is 11.9 Å². The number of benzene rings is 1. The van der Waals surface area contributed by atoms with Gasteiger partial charge in [-0.25, -0.2) is 0 Å². The minimum Gasteiger partial charge on any atom is -0.388 e. The van der Waals surface area contributed by atoms with Crippen LogP contribution in [-0.4, -0.2) is 41.2 Å². The summed E-state index contributed by atoms with van der Waals surface area (Å²) in [5.41, 5.74) is 1.28. The number of carbonyl (C=O) groups is 1. The Labute approximate surface area is 124 Å². The fourth-order valence-electron chi connectivity index (χ4n) is 2.41. The molecule has 110 valence electrons. The number of aryl methyl sites for hydroxylation is 1. The van der Waals surface area contributed by atoms with Crippen molar-refractivity contribution in [3.63, 3.8) is 0 Å². The second-order valence-corrected chi connectivity index (χ2v) is 6.41. The summed E-state index contributed by atoms with van der Waals surface area (Å²) in [6, 6.07) is 7.63. The van der Waals surface area contributed by atoms with Crippen LogP contribution in [0.2, 0.25) is 0 Å². The Morgan fingerprint density at radius 1 is 1.50 bits per heavy atom. The van der Waals surface area contributed by atoms with E-state index >= 15 is 0 Å². The van der Waals surface area contributed by atoms with Crippen LogP contribution in [0.25, 0.3) is 0 Å². The van der Waals surface area contributed by atoms with Crippen molar-refractivity contribution in [3.05, 3.63) is 29.8 Å². The molecule has 0 radical (unpaired) electrons. The molecule has 1 aromatic rings. The predicted molar refractivity (Wildman–Crippen MR) is 84.2 cm³/mol. The first-order chi connectivity index (χ1) is 9.52. The molecule has 20 heavy (non-hydrogen) atoms. The largest absolute Gasteiger partial charge is 0.388 e. The van der Waals surface area contributed by atoms with E-state index in [0.29, 0.717) is 12.3 Å². The van der Waals surface area contributed by atoms with Gasteiger partial charge in [0.05, 0.1) is 11.6 Å². The minimum atomic E-state index is -0.793. The van der Waals surface area contributed by atoms with E-state index in [1.165, 1.54) is 5.56 Å². The van der Waals surface area contributed by atoms with E-state index in [2.05, 4.69) is 10.6 Å². The van der Waals surface area contributed by atoms with Crippen LogP contribution in [0.15, 0.2) is 24.3 Å². The summed E-state index contributed by atoms with van der Waals surface area (Å²) in [6.07, 6.45) is 3.57. The lowest BCUT2D eigenvalue weighted by molar-refractivity contribution is -0.118. The summed E-state index contributed by atoms with van der Waals surface area (Å²) < 4.78 is 0. The highest BCUT2D eigenvalue weighted by Crippen LogP contribution is 2.21. The molecule has 1 amide bonds. The maximum absolute atomic E-state index is 12.2. The lowest BCUT2D eigenvalue weighted by atomic mass is 10.0. The van der Waals surface area contributed by atoms with E-state index < -0.39 is 5.60 Å². The van der Waals surface area contributed by atoms with Crippen LogP contribution < -0.4 is 10.6 Å². The topological polar surface area (TPSA) is 61.4 Å². The number of para-hydroxylation sites is 1. The molecule has 0 saturated carbocycles. The van der Waals surface area contributed by atoms with Gasteiger partial charge in [0.2, 0.25) is 5.91 Å². The molecular formula is C15H22N2O2S. The number of rotatable bonds is 5. The summed E-state index contributed by atoms with van der Waals surface area (Å²) in [5.74, 6) is 0.629. The van der Waals surface area contributed by atoms with Crippen LogP contribution in [0, 0.1) is 0 Å². The third-order valence-electron chi connectivity index (χ3n) is 3.48. The van der Waals surface area contributed by atoms with E-state index in [1.807, 2.05) is 30.5 Å². The Bertz CT molecular complexity index is 477. The number of anilines is 1. The predicted octanol–water partition coefficient (Wildman–Crippen LogP) is 1.64. The molecule has 2 unspecified atom stereocenters. The van der Waals surface area contributed by atoms with Crippen molar-refractivity contribution in [2.75, 3.05) is 23.9 Å². The molecule has 1 aliphatic rings. The van der Waals surface area contributed by atoms with Crippen molar-refractivity contribution in [2.45, 2.75) is 31.4 Å². The van der Waals surface area contributed by atoms with Gasteiger partial charge in [0, 0.05) is 18.0 Å². The molecule has 0 saturated heterocycles. The van der Waals surface area contributed by atoms with Crippen molar-refractivity contribution >= 4 is 23.4 Å². The minimum absolute atomic E-state index is 0.0186. The number of thioether (sulfide) groups is 1. The summed E-state index contributed by atoms with van der Waals surface area (Å²) in [7, 11) is 0. The molecule has 0 fully saturated rings. The summed E-state index contributed by atoms with van der Waals surface area (Å²) in [4.78, 5) is 12.2. The van der Waals surface area contributed by atoms with Crippen molar-refractivity contribution < 1.29 is 9.90 Å². The van der Waals surface area contributed by atoms with Gasteiger partial charge >= 0.3 is 0 Å². The van der Waals surface area contributed by atoms with Crippen molar-refractivity contribution in [1.29, 1.82) is 0 Å². The molecule has 5 heteroatoms. The number of aliphatic hydroxyl groups is 1. The van der Waals surface area contributed by atoms with E-state index in [4.69, 9.17) is 0 Å². The molecule has 2 atom stereocenters. The molecule has 0 spiro atoms. The molecule has 0 aliphatic carbocycles. The highest BCUT2D eigenvalue weighted by Gasteiger charge is 2.26. The number of hydrogen-bond donors (Lipinski definition) is 3.